The zero-order chi connectivity index (χ0) is 13.9. The average Bonchev–Trinajstić information content (AvgIpc) is 2.94. The molecule has 1 aliphatic heterocycles. The van der Waals surface area contributed by atoms with Gasteiger partial charge >= 0.3 is 0 Å². The molecule has 6 nitrogen and oxygen atoms in total. The van der Waals surface area contributed by atoms with Gasteiger partial charge in [-0.3, -0.25) is 14.5 Å². The number of piperidine rings is 1. The van der Waals surface area contributed by atoms with E-state index in [0.717, 1.165) is 25.9 Å². The molecular formula is C14H17N5O. The highest BCUT2D eigenvalue weighted by molar-refractivity contribution is 5.92. The number of aromatic nitrogens is 3. The molecule has 3 rings (SSSR count). The smallest absolute Gasteiger partial charge is 0.272 e. The van der Waals surface area contributed by atoms with Crippen LogP contribution in [0, 0.1) is 0 Å². The molecule has 2 aromatic heterocycles. The van der Waals surface area contributed by atoms with Crippen LogP contribution in [0.3, 0.4) is 0 Å². The topological polar surface area (TPSA) is 77.0 Å². The molecule has 20 heavy (non-hydrogen) atoms. The summed E-state index contributed by atoms with van der Waals surface area (Å²) in [5.74, 6) is 0.543. The highest BCUT2D eigenvalue weighted by atomic mass is 16.2. The average molecular weight is 271 g/mol. The second-order valence-corrected chi connectivity index (χ2v) is 4.96. The van der Waals surface area contributed by atoms with Gasteiger partial charge in [0.2, 0.25) is 0 Å². The number of carbonyl (C=O) groups is 1. The fraction of sp³-hybridized carbons (Fsp3) is 0.357. The number of nitrogens with two attached hydrogens (primary N) is 1. The second-order valence-electron chi connectivity index (χ2n) is 4.96. The summed E-state index contributed by atoms with van der Waals surface area (Å²) in [7, 11) is 0. The lowest BCUT2D eigenvalue weighted by molar-refractivity contribution is 0.0684. The van der Waals surface area contributed by atoms with Gasteiger partial charge in [0.1, 0.15) is 11.5 Å². The first-order chi connectivity index (χ1) is 9.74. The normalized spacial score (nSPS) is 16.3. The van der Waals surface area contributed by atoms with E-state index >= 15 is 0 Å². The van der Waals surface area contributed by atoms with Crippen LogP contribution in [0.2, 0.25) is 0 Å². The fourth-order valence-corrected chi connectivity index (χ4v) is 2.54. The van der Waals surface area contributed by atoms with Gasteiger partial charge in [-0.05, 0) is 31.0 Å². The number of carbonyl (C=O) groups excluding carboxylic acids is 1. The highest BCUT2D eigenvalue weighted by Gasteiger charge is 2.25. The summed E-state index contributed by atoms with van der Waals surface area (Å²) in [5, 5.41) is 4.24. The van der Waals surface area contributed by atoms with Crippen molar-refractivity contribution in [1.29, 1.82) is 0 Å². The van der Waals surface area contributed by atoms with E-state index in [9.17, 15) is 4.79 Å². The molecule has 0 aliphatic carbocycles. The van der Waals surface area contributed by atoms with Gasteiger partial charge in [-0.1, -0.05) is 6.07 Å². The van der Waals surface area contributed by atoms with Crippen molar-refractivity contribution in [1.82, 2.24) is 19.7 Å². The summed E-state index contributed by atoms with van der Waals surface area (Å²) in [6.07, 6.45) is 5.32. The molecule has 1 fully saturated rings. The van der Waals surface area contributed by atoms with Crippen molar-refractivity contribution in [3.63, 3.8) is 0 Å². The molecular weight excluding hydrogens is 254 g/mol. The minimum Gasteiger partial charge on any atom is -0.382 e. The maximum Gasteiger partial charge on any atom is 0.272 e. The zero-order valence-electron chi connectivity index (χ0n) is 11.1. The first kappa shape index (κ1) is 12.7. The number of amides is 1. The lowest BCUT2D eigenvalue weighted by Gasteiger charge is -2.31. The number of pyridine rings is 1. The molecule has 0 atom stereocenters. The van der Waals surface area contributed by atoms with E-state index in [0.29, 0.717) is 17.6 Å². The summed E-state index contributed by atoms with van der Waals surface area (Å²) < 4.78 is 1.90. The third-order valence-corrected chi connectivity index (χ3v) is 3.64. The summed E-state index contributed by atoms with van der Waals surface area (Å²) in [6.45, 7) is 1.44. The van der Waals surface area contributed by atoms with Gasteiger partial charge in [-0.2, -0.15) is 5.10 Å². The van der Waals surface area contributed by atoms with Gasteiger partial charge in [-0.25, -0.2) is 0 Å². The van der Waals surface area contributed by atoms with Crippen molar-refractivity contribution in [2.45, 2.75) is 18.9 Å². The summed E-state index contributed by atoms with van der Waals surface area (Å²) in [4.78, 5) is 18.2. The summed E-state index contributed by atoms with van der Waals surface area (Å²) >= 11 is 0. The van der Waals surface area contributed by atoms with Crippen molar-refractivity contribution in [2.24, 2.45) is 0 Å². The largest absolute Gasteiger partial charge is 0.382 e. The van der Waals surface area contributed by atoms with E-state index in [1.807, 2.05) is 27.9 Å². The SMILES string of the molecule is Nc1ccn(C2CCN(C(=O)c3ccccn3)CC2)n1. The third kappa shape index (κ3) is 2.49. The quantitative estimate of drug-likeness (QED) is 0.894. The highest BCUT2D eigenvalue weighted by Crippen LogP contribution is 2.23. The van der Waals surface area contributed by atoms with Gasteiger partial charge in [0.05, 0.1) is 6.04 Å². The van der Waals surface area contributed by atoms with Crippen LogP contribution >= 0.6 is 0 Å². The number of hydrogen-bond donors (Lipinski definition) is 1. The predicted octanol–water partition coefficient (Wildman–Crippen LogP) is 1.34. The standard InChI is InChI=1S/C14H17N5O/c15-13-6-10-19(17-13)11-4-8-18(9-5-11)14(20)12-3-1-2-7-16-12/h1-3,6-7,10-11H,4-5,8-9H2,(H2,15,17). The Hall–Kier alpha value is -2.37. The number of nitrogens with zero attached hydrogens (tertiary/aromatic N) is 4. The van der Waals surface area contributed by atoms with E-state index in [4.69, 9.17) is 5.73 Å². The molecule has 1 saturated heterocycles. The molecule has 104 valence electrons. The fourth-order valence-electron chi connectivity index (χ4n) is 2.54. The van der Waals surface area contributed by atoms with Crippen LogP contribution in [0.15, 0.2) is 36.7 Å². The van der Waals surface area contributed by atoms with Crippen molar-refractivity contribution < 1.29 is 4.79 Å². The van der Waals surface area contributed by atoms with Crippen LogP contribution in [0.4, 0.5) is 5.82 Å². The Morgan fingerprint density at radius 2 is 2.05 bits per heavy atom. The third-order valence-electron chi connectivity index (χ3n) is 3.64. The molecule has 0 aromatic carbocycles. The molecule has 2 aromatic rings. The number of nitrogen functional groups attached to an aromatic ring is 1. The lowest BCUT2D eigenvalue weighted by atomic mass is 10.0. The van der Waals surface area contributed by atoms with Gasteiger partial charge in [0.25, 0.3) is 5.91 Å². The number of likely N-dealkylation sites (tertiary alicyclic amines) is 1. The molecule has 0 bridgehead atoms. The van der Waals surface area contributed by atoms with Gasteiger partial charge in [0.15, 0.2) is 0 Å². The Kier molecular flexibility index (Phi) is 3.37. The Morgan fingerprint density at radius 1 is 1.25 bits per heavy atom. The molecule has 2 N–H and O–H groups in total. The molecule has 0 spiro atoms. The lowest BCUT2D eigenvalue weighted by Crippen LogP contribution is -2.39. The van der Waals surface area contributed by atoms with E-state index in [1.165, 1.54) is 0 Å². The minimum atomic E-state index is 0.00373. The van der Waals surface area contributed by atoms with Crippen LogP contribution in [-0.2, 0) is 0 Å². The summed E-state index contributed by atoms with van der Waals surface area (Å²) in [5.41, 5.74) is 6.14. The Morgan fingerprint density at radius 3 is 2.65 bits per heavy atom. The van der Waals surface area contributed by atoms with Crippen molar-refractivity contribution in [3.05, 3.63) is 42.4 Å². The first-order valence-corrected chi connectivity index (χ1v) is 6.75. The Labute approximate surface area is 117 Å². The summed E-state index contributed by atoms with van der Waals surface area (Å²) in [6, 6.07) is 7.51. The molecule has 3 heterocycles. The minimum absolute atomic E-state index is 0.00373. The number of hydrogen-bond acceptors (Lipinski definition) is 4. The molecule has 0 radical (unpaired) electrons. The second kappa shape index (κ2) is 5.32. The van der Waals surface area contributed by atoms with E-state index in [-0.39, 0.29) is 5.91 Å². The molecule has 1 aliphatic rings. The maximum absolute atomic E-state index is 12.3. The van der Waals surface area contributed by atoms with Gasteiger partial charge < -0.3 is 10.6 Å². The number of rotatable bonds is 2. The van der Waals surface area contributed by atoms with Crippen LogP contribution < -0.4 is 5.73 Å². The van der Waals surface area contributed by atoms with E-state index < -0.39 is 0 Å². The molecule has 6 heteroatoms. The molecule has 0 unspecified atom stereocenters. The maximum atomic E-state index is 12.3. The van der Waals surface area contributed by atoms with E-state index in [2.05, 4.69) is 10.1 Å². The van der Waals surface area contributed by atoms with E-state index in [1.54, 1.807) is 18.3 Å². The molecule has 1 amide bonds. The van der Waals surface area contributed by atoms with Crippen LogP contribution in [-0.4, -0.2) is 38.7 Å². The van der Waals surface area contributed by atoms with Gasteiger partial charge in [0, 0.05) is 25.5 Å². The van der Waals surface area contributed by atoms with Gasteiger partial charge in [-0.15, -0.1) is 0 Å². The Balaban J connectivity index is 1.63. The monoisotopic (exact) mass is 271 g/mol. The molecule has 0 saturated carbocycles. The zero-order valence-corrected chi connectivity index (χ0v) is 11.1. The first-order valence-electron chi connectivity index (χ1n) is 6.75. The van der Waals surface area contributed by atoms with Crippen LogP contribution in [0.1, 0.15) is 29.4 Å². The van der Waals surface area contributed by atoms with Crippen LogP contribution in [0.5, 0.6) is 0 Å². The van der Waals surface area contributed by atoms with Crippen molar-refractivity contribution in [2.75, 3.05) is 18.8 Å². The van der Waals surface area contributed by atoms with Crippen molar-refractivity contribution in [3.8, 4) is 0 Å². The van der Waals surface area contributed by atoms with Crippen molar-refractivity contribution >= 4 is 11.7 Å². The Bertz CT molecular complexity index is 587. The number of anilines is 1. The predicted molar refractivity (Wildman–Crippen MR) is 75.1 cm³/mol. The van der Waals surface area contributed by atoms with Crippen LogP contribution in [0.25, 0.3) is 0 Å².